The van der Waals surface area contributed by atoms with E-state index >= 15 is 0 Å². The molecule has 0 atom stereocenters. The summed E-state index contributed by atoms with van der Waals surface area (Å²) < 4.78 is 1.57. The highest BCUT2D eigenvalue weighted by molar-refractivity contribution is 6.30. The molecule has 2 amide bonds. The number of carbonyl (C=O) groups excluding carboxylic acids is 2. The van der Waals surface area contributed by atoms with Crippen LogP contribution in [0.25, 0.3) is 5.69 Å². The SMILES string of the molecule is Cc1nc(C(=O)Nc2ccc(CC(N)=O)cc2)nn1-c1ccc(Cl)cc1. The Labute approximate surface area is 154 Å². The van der Waals surface area contributed by atoms with Gasteiger partial charge in [0.25, 0.3) is 5.91 Å². The fourth-order valence-corrected chi connectivity index (χ4v) is 2.53. The van der Waals surface area contributed by atoms with Crippen molar-refractivity contribution in [3.63, 3.8) is 0 Å². The first-order chi connectivity index (χ1) is 12.4. The van der Waals surface area contributed by atoms with Crippen LogP contribution in [0.2, 0.25) is 5.02 Å². The number of primary amides is 1. The predicted molar refractivity (Wildman–Crippen MR) is 98.4 cm³/mol. The lowest BCUT2D eigenvalue weighted by molar-refractivity contribution is -0.117. The number of nitrogens with two attached hydrogens (primary N) is 1. The van der Waals surface area contributed by atoms with Gasteiger partial charge < -0.3 is 11.1 Å². The minimum Gasteiger partial charge on any atom is -0.369 e. The Hall–Kier alpha value is -3.19. The normalized spacial score (nSPS) is 10.5. The molecule has 0 radical (unpaired) electrons. The van der Waals surface area contributed by atoms with E-state index in [-0.39, 0.29) is 12.2 Å². The van der Waals surface area contributed by atoms with E-state index in [1.807, 2.05) is 0 Å². The van der Waals surface area contributed by atoms with Crippen molar-refractivity contribution in [1.82, 2.24) is 14.8 Å². The second-order valence-corrected chi connectivity index (χ2v) is 6.10. The van der Waals surface area contributed by atoms with E-state index in [9.17, 15) is 9.59 Å². The van der Waals surface area contributed by atoms with E-state index in [2.05, 4.69) is 15.4 Å². The molecule has 3 aromatic rings. The van der Waals surface area contributed by atoms with Crippen molar-refractivity contribution in [2.75, 3.05) is 5.32 Å². The summed E-state index contributed by atoms with van der Waals surface area (Å²) in [6, 6.07) is 13.9. The quantitative estimate of drug-likeness (QED) is 0.721. The molecule has 26 heavy (non-hydrogen) atoms. The molecule has 0 aliphatic carbocycles. The standard InChI is InChI=1S/C18H16ClN5O2/c1-11-21-17(23-24(11)15-8-4-13(19)5-9-15)18(26)22-14-6-2-12(3-7-14)10-16(20)25/h2-9H,10H2,1H3,(H2,20,25)(H,22,26). The highest BCUT2D eigenvalue weighted by Crippen LogP contribution is 2.15. The molecule has 0 fully saturated rings. The smallest absolute Gasteiger partial charge is 0.295 e. The van der Waals surface area contributed by atoms with Crippen LogP contribution in [0.4, 0.5) is 5.69 Å². The predicted octanol–water partition coefficient (Wildman–Crippen LogP) is 2.51. The number of hydrogen-bond acceptors (Lipinski definition) is 4. The summed E-state index contributed by atoms with van der Waals surface area (Å²) in [7, 11) is 0. The van der Waals surface area contributed by atoms with Crippen LogP contribution in [0.15, 0.2) is 48.5 Å². The summed E-state index contributed by atoms with van der Waals surface area (Å²) in [5.74, 6) is -0.203. The zero-order valence-corrected chi connectivity index (χ0v) is 14.7. The monoisotopic (exact) mass is 369 g/mol. The van der Waals surface area contributed by atoms with Crippen LogP contribution in [0.5, 0.6) is 0 Å². The Morgan fingerprint density at radius 1 is 1.12 bits per heavy atom. The van der Waals surface area contributed by atoms with Crippen LogP contribution >= 0.6 is 11.6 Å². The highest BCUT2D eigenvalue weighted by atomic mass is 35.5. The molecule has 1 aromatic heterocycles. The van der Waals surface area contributed by atoms with Crippen molar-refractivity contribution in [2.24, 2.45) is 5.73 Å². The van der Waals surface area contributed by atoms with Crippen molar-refractivity contribution in [3.8, 4) is 5.69 Å². The number of carbonyl (C=O) groups is 2. The maximum atomic E-state index is 12.4. The topological polar surface area (TPSA) is 103 Å². The molecule has 3 rings (SSSR count). The molecular formula is C18H16ClN5O2. The van der Waals surface area contributed by atoms with Gasteiger partial charge in [-0.2, -0.15) is 0 Å². The average Bonchev–Trinajstić information content (AvgIpc) is 2.99. The molecule has 0 spiro atoms. The van der Waals surface area contributed by atoms with Gasteiger partial charge in [0.15, 0.2) is 0 Å². The molecule has 0 bridgehead atoms. The zero-order valence-electron chi connectivity index (χ0n) is 13.9. The molecular weight excluding hydrogens is 354 g/mol. The second kappa shape index (κ2) is 7.37. The molecule has 132 valence electrons. The van der Waals surface area contributed by atoms with E-state index in [1.54, 1.807) is 60.1 Å². The number of rotatable bonds is 5. The lowest BCUT2D eigenvalue weighted by Gasteiger charge is -2.04. The van der Waals surface area contributed by atoms with Gasteiger partial charge in [-0.15, -0.1) is 5.10 Å². The van der Waals surface area contributed by atoms with Crippen molar-refractivity contribution >= 4 is 29.1 Å². The fraction of sp³-hybridized carbons (Fsp3) is 0.111. The second-order valence-electron chi connectivity index (χ2n) is 5.66. The summed E-state index contributed by atoms with van der Waals surface area (Å²) in [6.07, 6.45) is 0.153. The summed E-state index contributed by atoms with van der Waals surface area (Å²) in [4.78, 5) is 27.5. The lowest BCUT2D eigenvalue weighted by atomic mass is 10.1. The van der Waals surface area contributed by atoms with Crippen molar-refractivity contribution in [2.45, 2.75) is 13.3 Å². The van der Waals surface area contributed by atoms with Gasteiger partial charge in [-0.25, -0.2) is 9.67 Å². The Bertz CT molecular complexity index is 949. The third kappa shape index (κ3) is 4.07. The maximum Gasteiger partial charge on any atom is 0.295 e. The van der Waals surface area contributed by atoms with Crippen LogP contribution in [-0.2, 0) is 11.2 Å². The Kier molecular flexibility index (Phi) is 4.99. The summed E-state index contributed by atoms with van der Waals surface area (Å²) in [5, 5.41) is 7.59. The summed E-state index contributed by atoms with van der Waals surface area (Å²) in [5.41, 5.74) is 7.26. The number of aromatic nitrogens is 3. The minimum atomic E-state index is -0.427. The van der Waals surface area contributed by atoms with Gasteiger partial charge in [-0.3, -0.25) is 9.59 Å². The number of benzene rings is 2. The molecule has 1 heterocycles. The third-order valence-corrected chi connectivity index (χ3v) is 3.89. The molecule has 0 saturated carbocycles. The van der Waals surface area contributed by atoms with Crippen molar-refractivity contribution in [3.05, 3.63) is 70.8 Å². The van der Waals surface area contributed by atoms with Gasteiger partial charge in [0.1, 0.15) is 5.82 Å². The molecule has 3 N–H and O–H groups in total. The van der Waals surface area contributed by atoms with E-state index < -0.39 is 11.8 Å². The largest absolute Gasteiger partial charge is 0.369 e. The molecule has 0 aliphatic heterocycles. The van der Waals surface area contributed by atoms with E-state index in [1.165, 1.54) is 0 Å². The van der Waals surface area contributed by atoms with E-state index in [4.69, 9.17) is 17.3 Å². The number of halogens is 1. The Morgan fingerprint density at radius 3 is 2.38 bits per heavy atom. The maximum absolute atomic E-state index is 12.4. The summed E-state index contributed by atoms with van der Waals surface area (Å²) in [6.45, 7) is 1.76. The number of nitrogens with zero attached hydrogens (tertiary/aromatic N) is 3. The van der Waals surface area contributed by atoms with E-state index in [0.717, 1.165) is 11.3 Å². The van der Waals surface area contributed by atoms with Crippen LogP contribution in [0.1, 0.15) is 22.0 Å². The Morgan fingerprint density at radius 2 is 1.77 bits per heavy atom. The van der Waals surface area contributed by atoms with Gasteiger partial charge in [0, 0.05) is 10.7 Å². The Balaban J connectivity index is 1.75. The van der Waals surface area contributed by atoms with Crippen LogP contribution in [-0.4, -0.2) is 26.6 Å². The molecule has 0 saturated heterocycles. The number of aryl methyl sites for hydroxylation is 1. The zero-order chi connectivity index (χ0) is 18.7. The fourth-order valence-electron chi connectivity index (χ4n) is 2.41. The number of anilines is 1. The van der Waals surface area contributed by atoms with Gasteiger partial charge in [-0.05, 0) is 48.9 Å². The van der Waals surface area contributed by atoms with Crippen LogP contribution < -0.4 is 11.1 Å². The third-order valence-electron chi connectivity index (χ3n) is 3.63. The molecule has 8 heteroatoms. The first kappa shape index (κ1) is 17.6. The first-order valence-electron chi connectivity index (χ1n) is 7.80. The van der Waals surface area contributed by atoms with Crippen molar-refractivity contribution in [1.29, 1.82) is 0 Å². The van der Waals surface area contributed by atoms with E-state index in [0.29, 0.717) is 16.5 Å². The number of hydrogen-bond donors (Lipinski definition) is 2. The number of nitrogens with one attached hydrogen (secondary N) is 1. The van der Waals surface area contributed by atoms with Gasteiger partial charge in [0.2, 0.25) is 11.7 Å². The van der Waals surface area contributed by atoms with Gasteiger partial charge in [0.05, 0.1) is 12.1 Å². The van der Waals surface area contributed by atoms with Crippen molar-refractivity contribution < 1.29 is 9.59 Å². The van der Waals surface area contributed by atoms with Crippen LogP contribution in [0.3, 0.4) is 0 Å². The van der Waals surface area contributed by atoms with Crippen LogP contribution in [0, 0.1) is 6.92 Å². The minimum absolute atomic E-state index is 0.0543. The highest BCUT2D eigenvalue weighted by Gasteiger charge is 2.15. The number of amides is 2. The lowest BCUT2D eigenvalue weighted by Crippen LogP contribution is -2.15. The van der Waals surface area contributed by atoms with Gasteiger partial charge in [-0.1, -0.05) is 23.7 Å². The molecule has 0 aliphatic rings. The average molecular weight is 370 g/mol. The molecule has 7 nitrogen and oxygen atoms in total. The first-order valence-corrected chi connectivity index (χ1v) is 8.18. The van der Waals surface area contributed by atoms with Gasteiger partial charge >= 0.3 is 0 Å². The molecule has 2 aromatic carbocycles. The molecule has 0 unspecified atom stereocenters. The summed E-state index contributed by atoms with van der Waals surface area (Å²) >= 11 is 5.89.